The van der Waals surface area contributed by atoms with Crippen LogP contribution in [0.3, 0.4) is 0 Å². The largest absolute Gasteiger partial charge is 0.394 e. The molecule has 1 atom stereocenters. The molecular formula is C15H16F3N5O2. The summed E-state index contributed by atoms with van der Waals surface area (Å²) in [5.74, 6) is -2.98. The standard InChI is InChI=1S/C15H16F3N5O2/c1-14(2)10(15(16,17)18)4-6-22(14)13(25)9-3-5-20-12-8(11(19)24)7-21-23(9)12/h3,5,7,10H,4,6H2,1-2H3,(H2,19,24). The van der Waals surface area contributed by atoms with E-state index in [2.05, 4.69) is 10.1 Å². The highest BCUT2D eigenvalue weighted by molar-refractivity contribution is 6.00. The van der Waals surface area contributed by atoms with Gasteiger partial charge in [-0.3, -0.25) is 9.59 Å². The van der Waals surface area contributed by atoms with Crippen LogP contribution in [-0.2, 0) is 0 Å². The number of carbonyl (C=O) groups is 2. The molecule has 2 aromatic heterocycles. The van der Waals surface area contributed by atoms with Crippen LogP contribution in [-0.4, -0.2) is 49.6 Å². The van der Waals surface area contributed by atoms with E-state index in [1.54, 1.807) is 0 Å². The minimum Gasteiger partial charge on any atom is -0.365 e. The third kappa shape index (κ3) is 2.61. The fourth-order valence-electron chi connectivity index (χ4n) is 3.38. The molecule has 0 saturated carbocycles. The van der Waals surface area contributed by atoms with Gasteiger partial charge in [0.1, 0.15) is 11.3 Å². The predicted molar refractivity (Wildman–Crippen MR) is 80.8 cm³/mol. The molecule has 0 spiro atoms. The van der Waals surface area contributed by atoms with Crippen molar-refractivity contribution < 1.29 is 22.8 Å². The van der Waals surface area contributed by atoms with Crippen LogP contribution in [0.1, 0.15) is 41.1 Å². The van der Waals surface area contributed by atoms with Crippen molar-refractivity contribution in [3.05, 3.63) is 29.7 Å². The lowest BCUT2D eigenvalue weighted by Gasteiger charge is -2.36. The number of hydrogen-bond donors (Lipinski definition) is 1. The van der Waals surface area contributed by atoms with Crippen molar-refractivity contribution in [1.82, 2.24) is 19.5 Å². The first kappa shape index (κ1) is 17.2. The van der Waals surface area contributed by atoms with E-state index in [0.29, 0.717) is 0 Å². The molecule has 0 aliphatic carbocycles. The molecule has 0 bridgehead atoms. The molecule has 1 aliphatic heterocycles. The second-order valence-corrected chi connectivity index (χ2v) is 6.48. The van der Waals surface area contributed by atoms with Crippen LogP contribution in [0.15, 0.2) is 18.5 Å². The smallest absolute Gasteiger partial charge is 0.365 e. The first-order valence-corrected chi connectivity index (χ1v) is 7.56. The van der Waals surface area contributed by atoms with Gasteiger partial charge >= 0.3 is 6.18 Å². The number of halogens is 3. The van der Waals surface area contributed by atoms with Crippen LogP contribution < -0.4 is 5.73 Å². The summed E-state index contributed by atoms with van der Waals surface area (Å²) < 4.78 is 40.8. The number of aromatic nitrogens is 3. The molecule has 1 fully saturated rings. The number of carbonyl (C=O) groups excluding carboxylic acids is 2. The molecule has 3 rings (SSSR count). The van der Waals surface area contributed by atoms with Crippen molar-refractivity contribution in [2.75, 3.05) is 6.54 Å². The average molecular weight is 355 g/mol. The lowest BCUT2D eigenvalue weighted by molar-refractivity contribution is -0.189. The van der Waals surface area contributed by atoms with Crippen LogP contribution in [0.4, 0.5) is 13.2 Å². The molecule has 0 radical (unpaired) electrons. The van der Waals surface area contributed by atoms with E-state index in [1.165, 1.54) is 37.2 Å². The Bertz CT molecular complexity index is 858. The van der Waals surface area contributed by atoms with E-state index >= 15 is 0 Å². The van der Waals surface area contributed by atoms with Crippen molar-refractivity contribution in [2.24, 2.45) is 11.7 Å². The highest BCUT2D eigenvalue weighted by Crippen LogP contribution is 2.45. The summed E-state index contributed by atoms with van der Waals surface area (Å²) in [7, 11) is 0. The Labute approximate surface area is 140 Å². The zero-order valence-electron chi connectivity index (χ0n) is 13.5. The summed E-state index contributed by atoms with van der Waals surface area (Å²) in [6.45, 7) is 2.77. The monoisotopic (exact) mass is 355 g/mol. The first-order valence-electron chi connectivity index (χ1n) is 7.56. The van der Waals surface area contributed by atoms with E-state index in [9.17, 15) is 22.8 Å². The van der Waals surface area contributed by atoms with Gasteiger partial charge in [-0.15, -0.1) is 0 Å². The number of likely N-dealkylation sites (tertiary alicyclic amines) is 1. The maximum absolute atomic E-state index is 13.2. The first-order chi connectivity index (χ1) is 11.5. The number of hydrogen-bond acceptors (Lipinski definition) is 4. The van der Waals surface area contributed by atoms with E-state index < -0.39 is 29.4 Å². The normalized spacial score (nSPS) is 20.2. The Kier molecular flexibility index (Phi) is 3.73. The van der Waals surface area contributed by atoms with Gasteiger partial charge in [0.2, 0.25) is 0 Å². The lowest BCUT2D eigenvalue weighted by atomic mass is 9.88. The van der Waals surface area contributed by atoms with Crippen molar-refractivity contribution >= 4 is 17.5 Å². The molecule has 2 N–H and O–H groups in total. The molecule has 1 aliphatic rings. The number of primary amides is 1. The van der Waals surface area contributed by atoms with E-state index in [4.69, 9.17) is 5.73 Å². The number of nitrogens with two attached hydrogens (primary N) is 1. The molecule has 1 saturated heterocycles. The zero-order valence-corrected chi connectivity index (χ0v) is 13.5. The molecule has 25 heavy (non-hydrogen) atoms. The van der Waals surface area contributed by atoms with Crippen LogP contribution in [0, 0.1) is 5.92 Å². The number of amides is 2. The molecule has 2 aromatic rings. The van der Waals surface area contributed by atoms with Gasteiger partial charge in [-0.05, 0) is 26.3 Å². The van der Waals surface area contributed by atoms with Gasteiger partial charge in [0.15, 0.2) is 5.65 Å². The number of nitrogens with zero attached hydrogens (tertiary/aromatic N) is 4. The van der Waals surface area contributed by atoms with E-state index in [1.807, 2.05) is 0 Å². The van der Waals surface area contributed by atoms with Crippen LogP contribution in [0.2, 0.25) is 0 Å². The highest BCUT2D eigenvalue weighted by atomic mass is 19.4. The minimum absolute atomic E-state index is 0.0217. The Morgan fingerprint density at radius 2 is 2.04 bits per heavy atom. The van der Waals surface area contributed by atoms with Crippen molar-refractivity contribution in [1.29, 1.82) is 0 Å². The predicted octanol–water partition coefficient (Wildman–Crippen LogP) is 1.63. The number of alkyl halides is 3. The zero-order chi connectivity index (χ0) is 18.6. The lowest BCUT2D eigenvalue weighted by Crippen LogP contribution is -2.50. The fraction of sp³-hybridized carbons (Fsp3) is 0.467. The number of fused-ring (bicyclic) bond motifs is 1. The molecule has 134 valence electrons. The van der Waals surface area contributed by atoms with Gasteiger partial charge in [-0.2, -0.15) is 18.3 Å². The second kappa shape index (κ2) is 5.43. The average Bonchev–Trinajstić information content (AvgIpc) is 3.05. The Hall–Kier alpha value is -2.65. The molecule has 3 heterocycles. The molecule has 2 amide bonds. The van der Waals surface area contributed by atoms with Crippen LogP contribution in [0.5, 0.6) is 0 Å². The van der Waals surface area contributed by atoms with Crippen molar-refractivity contribution in [3.8, 4) is 0 Å². The Balaban J connectivity index is 2.02. The van der Waals surface area contributed by atoms with Gasteiger partial charge in [-0.25, -0.2) is 9.50 Å². The van der Waals surface area contributed by atoms with Gasteiger partial charge in [0.25, 0.3) is 11.8 Å². The summed E-state index contributed by atoms with van der Waals surface area (Å²) in [6.07, 6.45) is -2.09. The third-order valence-electron chi connectivity index (χ3n) is 4.72. The molecule has 1 unspecified atom stereocenters. The summed E-state index contributed by atoms with van der Waals surface area (Å²) >= 11 is 0. The molecule has 0 aromatic carbocycles. The quantitative estimate of drug-likeness (QED) is 0.886. The SMILES string of the molecule is CC1(C)C(C(F)(F)F)CCN1C(=O)c1ccnc2c(C(N)=O)cnn12. The summed E-state index contributed by atoms with van der Waals surface area (Å²) in [5.41, 5.74) is 3.97. The van der Waals surface area contributed by atoms with E-state index in [-0.39, 0.29) is 29.9 Å². The van der Waals surface area contributed by atoms with Gasteiger partial charge in [0, 0.05) is 18.3 Å². The molecule has 10 heteroatoms. The molecular weight excluding hydrogens is 339 g/mol. The minimum atomic E-state index is -4.39. The molecule has 7 nitrogen and oxygen atoms in total. The van der Waals surface area contributed by atoms with E-state index in [0.717, 1.165) is 4.52 Å². The van der Waals surface area contributed by atoms with Crippen LogP contribution >= 0.6 is 0 Å². The van der Waals surface area contributed by atoms with Gasteiger partial charge in [0.05, 0.1) is 12.1 Å². The van der Waals surface area contributed by atoms with Crippen LogP contribution in [0.25, 0.3) is 5.65 Å². The van der Waals surface area contributed by atoms with Crippen molar-refractivity contribution in [3.63, 3.8) is 0 Å². The van der Waals surface area contributed by atoms with Gasteiger partial charge in [-0.1, -0.05) is 0 Å². The summed E-state index contributed by atoms with van der Waals surface area (Å²) in [4.78, 5) is 29.4. The maximum Gasteiger partial charge on any atom is 0.394 e. The second-order valence-electron chi connectivity index (χ2n) is 6.48. The Morgan fingerprint density at radius 1 is 1.36 bits per heavy atom. The maximum atomic E-state index is 13.2. The van der Waals surface area contributed by atoms with Crippen molar-refractivity contribution in [2.45, 2.75) is 32.0 Å². The topological polar surface area (TPSA) is 93.6 Å². The fourth-order valence-corrected chi connectivity index (χ4v) is 3.38. The Morgan fingerprint density at radius 3 is 2.60 bits per heavy atom. The number of rotatable bonds is 2. The third-order valence-corrected chi connectivity index (χ3v) is 4.72. The van der Waals surface area contributed by atoms with Gasteiger partial charge < -0.3 is 10.6 Å². The summed E-state index contributed by atoms with van der Waals surface area (Å²) in [5, 5.41) is 3.93. The summed E-state index contributed by atoms with van der Waals surface area (Å²) in [6, 6.07) is 1.35. The highest BCUT2D eigenvalue weighted by Gasteiger charge is 2.56.